The number of rotatable bonds is 7. The number of furan rings is 2. The van der Waals surface area contributed by atoms with E-state index in [4.69, 9.17) is 8.83 Å². The van der Waals surface area contributed by atoms with Gasteiger partial charge in [-0.2, -0.15) is 0 Å². The lowest BCUT2D eigenvalue weighted by Gasteiger charge is -2.12. The van der Waals surface area contributed by atoms with Gasteiger partial charge in [-0.3, -0.25) is 14.4 Å². The van der Waals surface area contributed by atoms with Crippen molar-refractivity contribution in [1.29, 1.82) is 0 Å². The van der Waals surface area contributed by atoms with E-state index in [0.717, 1.165) is 11.0 Å². The van der Waals surface area contributed by atoms with Crippen molar-refractivity contribution in [3.05, 3.63) is 60.2 Å². The van der Waals surface area contributed by atoms with Crippen LogP contribution in [0.15, 0.2) is 57.6 Å². The molecule has 3 amide bonds. The van der Waals surface area contributed by atoms with Gasteiger partial charge in [-0.05, 0) is 31.2 Å². The molecule has 0 aliphatic rings. The minimum Gasteiger partial charge on any atom is -0.459 e. The van der Waals surface area contributed by atoms with Gasteiger partial charge in [-0.25, -0.2) is 0 Å². The summed E-state index contributed by atoms with van der Waals surface area (Å²) in [5, 5.41) is 8.54. The largest absolute Gasteiger partial charge is 0.459 e. The van der Waals surface area contributed by atoms with Crippen LogP contribution in [0.1, 0.15) is 29.3 Å². The molecule has 1 aromatic carbocycles. The van der Waals surface area contributed by atoms with E-state index in [9.17, 15) is 14.4 Å². The smallest absolute Gasteiger partial charge is 0.287 e. The fourth-order valence-corrected chi connectivity index (χ4v) is 2.48. The van der Waals surface area contributed by atoms with E-state index in [0.29, 0.717) is 5.76 Å². The zero-order chi connectivity index (χ0) is 19.2. The lowest BCUT2D eigenvalue weighted by molar-refractivity contribution is -0.125. The summed E-state index contributed by atoms with van der Waals surface area (Å²) < 4.78 is 10.6. The Hall–Kier alpha value is -3.55. The van der Waals surface area contributed by atoms with Gasteiger partial charge in [0.2, 0.25) is 11.8 Å². The summed E-state index contributed by atoms with van der Waals surface area (Å²) in [5.74, 6) is -0.616. The molecule has 8 nitrogen and oxygen atoms in total. The average molecular weight is 369 g/mol. The van der Waals surface area contributed by atoms with E-state index >= 15 is 0 Å². The highest BCUT2D eigenvalue weighted by Gasteiger charge is 2.15. The van der Waals surface area contributed by atoms with Crippen LogP contribution in [0.3, 0.4) is 0 Å². The second kappa shape index (κ2) is 8.22. The van der Waals surface area contributed by atoms with Gasteiger partial charge in [0.05, 0.1) is 25.4 Å². The normalized spacial score (nSPS) is 11.7. The van der Waals surface area contributed by atoms with Crippen molar-refractivity contribution < 1.29 is 23.2 Å². The number of amides is 3. The summed E-state index contributed by atoms with van der Waals surface area (Å²) >= 11 is 0. The molecule has 140 valence electrons. The maximum absolute atomic E-state index is 12.0. The molecule has 0 spiro atoms. The molecule has 1 atom stereocenters. The SMILES string of the molecule is C[C@H](NC(=O)CNC(=O)CNC(=O)c1ccco1)c1cc2ccccc2o1. The van der Waals surface area contributed by atoms with Gasteiger partial charge in [0, 0.05) is 5.39 Å². The van der Waals surface area contributed by atoms with Crippen LogP contribution < -0.4 is 16.0 Å². The number of para-hydroxylation sites is 1. The van der Waals surface area contributed by atoms with Gasteiger partial charge in [-0.1, -0.05) is 18.2 Å². The van der Waals surface area contributed by atoms with Crippen molar-refractivity contribution in [2.45, 2.75) is 13.0 Å². The molecule has 0 bridgehead atoms. The lowest BCUT2D eigenvalue weighted by Crippen LogP contribution is -2.42. The van der Waals surface area contributed by atoms with Gasteiger partial charge >= 0.3 is 0 Å². The number of carbonyl (C=O) groups is 3. The van der Waals surface area contributed by atoms with E-state index in [1.54, 1.807) is 13.0 Å². The van der Waals surface area contributed by atoms with Crippen LogP contribution in [0.5, 0.6) is 0 Å². The third-order valence-corrected chi connectivity index (χ3v) is 3.85. The van der Waals surface area contributed by atoms with E-state index in [1.807, 2.05) is 30.3 Å². The summed E-state index contributed by atoms with van der Waals surface area (Å²) in [5.41, 5.74) is 0.745. The fraction of sp³-hybridized carbons (Fsp3) is 0.211. The predicted molar refractivity (Wildman–Crippen MR) is 96.8 cm³/mol. The molecule has 3 aromatic rings. The van der Waals surface area contributed by atoms with Crippen LogP contribution in [0.4, 0.5) is 0 Å². The minimum absolute atomic E-state index is 0.111. The van der Waals surface area contributed by atoms with Crippen molar-refractivity contribution in [1.82, 2.24) is 16.0 Å². The van der Waals surface area contributed by atoms with Gasteiger partial charge in [-0.15, -0.1) is 0 Å². The summed E-state index contributed by atoms with van der Waals surface area (Å²) in [6.07, 6.45) is 1.36. The first-order valence-electron chi connectivity index (χ1n) is 8.39. The predicted octanol–water partition coefficient (Wildman–Crippen LogP) is 1.75. The fourth-order valence-electron chi connectivity index (χ4n) is 2.48. The number of carbonyl (C=O) groups excluding carboxylic acids is 3. The molecule has 0 unspecified atom stereocenters. The Kier molecular flexibility index (Phi) is 5.55. The number of benzene rings is 1. The van der Waals surface area contributed by atoms with E-state index < -0.39 is 11.8 Å². The molecule has 27 heavy (non-hydrogen) atoms. The van der Waals surface area contributed by atoms with E-state index in [2.05, 4.69) is 16.0 Å². The molecule has 0 saturated carbocycles. The van der Waals surface area contributed by atoms with Gasteiger partial charge in [0.25, 0.3) is 5.91 Å². The zero-order valence-electron chi connectivity index (χ0n) is 14.7. The number of hydrogen-bond donors (Lipinski definition) is 3. The first kappa shape index (κ1) is 18.2. The Morgan fingerprint density at radius 1 is 1.00 bits per heavy atom. The van der Waals surface area contributed by atoms with Crippen LogP contribution in [0.2, 0.25) is 0 Å². The Labute approximate surface area is 154 Å². The van der Waals surface area contributed by atoms with Crippen molar-refractivity contribution in [2.75, 3.05) is 13.1 Å². The third-order valence-electron chi connectivity index (χ3n) is 3.85. The van der Waals surface area contributed by atoms with Crippen molar-refractivity contribution in [3.63, 3.8) is 0 Å². The Bertz CT molecular complexity index is 912. The Balaban J connectivity index is 1.42. The monoisotopic (exact) mass is 369 g/mol. The van der Waals surface area contributed by atoms with Crippen LogP contribution in [-0.4, -0.2) is 30.8 Å². The first-order valence-corrected chi connectivity index (χ1v) is 8.39. The molecule has 2 heterocycles. The van der Waals surface area contributed by atoms with Crippen LogP contribution in [-0.2, 0) is 9.59 Å². The first-order chi connectivity index (χ1) is 13.0. The highest BCUT2D eigenvalue weighted by atomic mass is 16.3. The molecule has 0 radical (unpaired) electrons. The molecule has 0 aliphatic heterocycles. The summed E-state index contributed by atoms with van der Waals surface area (Å²) in [6, 6.07) is 12.1. The number of nitrogens with one attached hydrogen (secondary N) is 3. The Morgan fingerprint density at radius 2 is 1.78 bits per heavy atom. The molecule has 8 heteroatoms. The number of fused-ring (bicyclic) bond motifs is 1. The Morgan fingerprint density at radius 3 is 2.52 bits per heavy atom. The molecule has 0 saturated heterocycles. The summed E-state index contributed by atoms with van der Waals surface area (Å²) in [6.45, 7) is 1.33. The molecular weight excluding hydrogens is 350 g/mol. The van der Waals surface area contributed by atoms with Gasteiger partial charge < -0.3 is 24.8 Å². The second-order valence-corrected chi connectivity index (χ2v) is 5.91. The van der Waals surface area contributed by atoms with Crippen molar-refractivity contribution in [3.8, 4) is 0 Å². The van der Waals surface area contributed by atoms with Crippen LogP contribution >= 0.6 is 0 Å². The molecular formula is C19H19N3O5. The van der Waals surface area contributed by atoms with E-state index in [1.165, 1.54) is 12.3 Å². The maximum atomic E-state index is 12.0. The maximum Gasteiger partial charge on any atom is 0.287 e. The topological polar surface area (TPSA) is 114 Å². The zero-order valence-corrected chi connectivity index (χ0v) is 14.7. The summed E-state index contributed by atoms with van der Waals surface area (Å²) in [7, 11) is 0. The van der Waals surface area contributed by atoms with Crippen LogP contribution in [0.25, 0.3) is 11.0 Å². The standard InChI is InChI=1S/C19H19N3O5/c1-12(16-9-13-5-2-3-6-14(13)27-16)22-18(24)11-20-17(23)10-21-19(25)15-7-4-8-26-15/h2-9,12H,10-11H2,1H3,(H,20,23)(H,21,25)(H,22,24)/t12-/m0/s1. The van der Waals surface area contributed by atoms with Crippen molar-refractivity contribution >= 4 is 28.7 Å². The highest BCUT2D eigenvalue weighted by molar-refractivity contribution is 5.94. The lowest BCUT2D eigenvalue weighted by atomic mass is 10.2. The van der Waals surface area contributed by atoms with Gasteiger partial charge in [0.1, 0.15) is 11.3 Å². The molecule has 0 fully saturated rings. The van der Waals surface area contributed by atoms with Crippen molar-refractivity contribution in [2.24, 2.45) is 0 Å². The second-order valence-electron chi connectivity index (χ2n) is 5.91. The average Bonchev–Trinajstić information content (AvgIpc) is 3.33. The summed E-state index contributed by atoms with van der Waals surface area (Å²) in [4.78, 5) is 35.4. The van der Waals surface area contributed by atoms with Crippen LogP contribution in [0, 0.1) is 0 Å². The quantitative estimate of drug-likeness (QED) is 0.587. The van der Waals surface area contributed by atoms with E-state index in [-0.39, 0.29) is 30.8 Å². The third kappa shape index (κ3) is 4.75. The molecule has 2 aromatic heterocycles. The highest BCUT2D eigenvalue weighted by Crippen LogP contribution is 2.23. The minimum atomic E-state index is -0.502. The molecule has 3 N–H and O–H groups in total. The van der Waals surface area contributed by atoms with Gasteiger partial charge in [0.15, 0.2) is 5.76 Å². The number of hydrogen-bond acceptors (Lipinski definition) is 5. The molecule has 3 rings (SSSR count). The molecule has 0 aliphatic carbocycles.